The molecule has 0 saturated carbocycles. The van der Waals surface area contributed by atoms with Gasteiger partial charge in [0.1, 0.15) is 5.56 Å². The van der Waals surface area contributed by atoms with Gasteiger partial charge in [-0.3, -0.25) is 4.79 Å². The molecule has 0 aliphatic carbocycles. The molecule has 0 radical (unpaired) electrons. The van der Waals surface area contributed by atoms with Gasteiger partial charge in [-0.2, -0.15) is 13.2 Å². The van der Waals surface area contributed by atoms with Gasteiger partial charge in [0, 0.05) is 16.8 Å². The smallest absolute Gasteiger partial charge is 0.433 e. The van der Waals surface area contributed by atoms with Crippen molar-refractivity contribution in [1.82, 2.24) is 10.2 Å². The number of hydrogen-bond donors (Lipinski definition) is 2. The number of carbonyl (C=O) groups is 1. The van der Waals surface area contributed by atoms with Crippen LogP contribution in [0, 0.1) is 17.5 Å². The molecule has 180 valence electrons. The van der Waals surface area contributed by atoms with Gasteiger partial charge < -0.3 is 10.1 Å². The average molecular weight is 496 g/mol. The number of nitrogens with one attached hydrogen (secondary N) is 2. The summed E-state index contributed by atoms with van der Waals surface area (Å²) in [6, 6.07) is 9.66. The van der Waals surface area contributed by atoms with E-state index in [2.05, 4.69) is 15.5 Å². The molecular weight excluding hydrogens is 476 g/mol. The minimum absolute atomic E-state index is 0.0835. The fourth-order valence-electron chi connectivity index (χ4n) is 3.16. The lowest BCUT2D eigenvalue weighted by molar-refractivity contribution is -0.142. The second-order valence-electron chi connectivity index (χ2n) is 7.36. The Kier molecular flexibility index (Phi) is 6.92. The number of rotatable bonds is 6. The van der Waals surface area contributed by atoms with E-state index in [-0.39, 0.29) is 16.3 Å². The Balaban J connectivity index is 2.12. The molecule has 2 aromatic carbocycles. The van der Waals surface area contributed by atoms with E-state index >= 15 is 0 Å². The first-order chi connectivity index (χ1) is 15.8. The molecule has 12 heteroatoms. The zero-order valence-corrected chi connectivity index (χ0v) is 19.1. The Labute approximate surface area is 193 Å². The standard InChI is InChI=1S/C22H20F4N4O3S/c1-4-13-7-5-10-16(23)18(13)33-21-17(12(2)19(29-30-21)22(24,25)26)20(31)28-14-8-6-9-15(11-14)34(3,27)32/h5-11,27H,4H2,1-3H3,(H,28,31). The van der Waals surface area contributed by atoms with E-state index in [1.165, 1.54) is 36.6 Å². The number of amides is 1. The van der Waals surface area contributed by atoms with E-state index in [9.17, 15) is 26.6 Å². The van der Waals surface area contributed by atoms with E-state index in [4.69, 9.17) is 9.52 Å². The largest absolute Gasteiger partial charge is 0.435 e. The predicted molar refractivity (Wildman–Crippen MR) is 117 cm³/mol. The highest BCUT2D eigenvalue weighted by Crippen LogP contribution is 2.36. The molecule has 3 rings (SSSR count). The van der Waals surface area contributed by atoms with Crippen LogP contribution < -0.4 is 10.1 Å². The molecule has 1 aromatic heterocycles. The second kappa shape index (κ2) is 9.37. The third-order valence-electron chi connectivity index (χ3n) is 4.85. The Hall–Kier alpha value is -3.54. The molecule has 3 aromatic rings. The quantitative estimate of drug-likeness (QED) is 0.433. The number of carbonyl (C=O) groups excluding carboxylic acids is 1. The Morgan fingerprint density at radius 3 is 2.47 bits per heavy atom. The monoisotopic (exact) mass is 496 g/mol. The molecule has 1 atom stereocenters. The van der Waals surface area contributed by atoms with Crippen molar-refractivity contribution in [2.24, 2.45) is 0 Å². The number of anilines is 1. The van der Waals surface area contributed by atoms with Crippen molar-refractivity contribution in [1.29, 1.82) is 4.78 Å². The van der Waals surface area contributed by atoms with Gasteiger partial charge >= 0.3 is 6.18 Å². The highest BCUT2D eigenvalue weighted by molar-refractivity contribution is 7.91. The van der Waals surface area contributed by atoms with Crippen molar-refractivity contribution < 1.29 is 31.3 Å². The van der Waals surface area contributed by atoms with E-state index in [0.29, 0.717) is 12.0 Å². The van der Waals surface area contributed by atoms with E-state index < -0.39 is 50.3 Å². The van der Waals surface area contributed by atoms with Crippen LogP contribution >= 0.6 is 0 Å². The summed E-state index contributed by atoms with van der Waals surface area (Å²) in [6.45, 7) is 2.75. The molecule has 1 heterocycles. The second-order valence-corrected chi connectivity index (χ2v) is 9.52. The van der Waals surface area contributed by atoms with Crippen molar-refractivity contribution >= 4 is 21.3 Å². The molecule has 1 amide bonds. The molecule has 7 nitrogen and oxygen atoms in total. The third kappa shape index (κ3) is 5.33. The Bertz CT molecular complexity index is 1360. The van der Waals surface area contributed by atoms with Crippen LogP contribution in [-0.2, 0) is 22.3 Å². The number of benzene rings is 2. The summed E-state index contributed by atoms with van der Waals surface area (Å²) in [5, 5.41) is 9.01. The van der Waals surface area contributed by atoms with Gasteiger partial charge in [0.2, 0.25) is 0 Å². The van der Waals surface area contributed by atoms with Gasteiger partial charge in [-0.25, -0.2) is 13.4 Å². The maximum absolute atomic E-state index is 14.4. The molecule has 0 saturated heterocycles. The van der Waals surface area contributed by atoms with Crippen molar-refractivity contribution in [3.8, 4) is 11.6 Å². The third-order valence-corrected chi connectivity index (χ3v) is 6.00. The van der Waals surface area contributed by atoms with Crippen molar-refractivity contribution in [2.75, 3.05) is 11.6 Å². The number of aromatic nitrogens is 2. The van der Waals surface area contributed by atoms with Crippen LogP contribution in [0.3, 0.4) is 0 Å². The highest BCUT2D eigenvalue weighted by Gasteiger charge is 2.38. The van der Waals surface area contributed by atoms with Crippen LogP contribution in [0.4, 0.5) is 23.2 Å². The first-order valence-electron chi connectivity index (χ1n) is 9.87. The Morgan fingerprint density at radius 1 is 1.18 bits per heavy atom. The van der Waals surface area contributed by atoms with Crippen molar-refractivity contribution in [2.45, 2.75) is 31.3 Å². The van der Waals surface area contributed by atoms with Crippen LogP contribution in [0.1, 0.15) is 34.1 Å². The lowest BCUT2D eigenvalue weighted by Crippen LogP contribution is -2.21. The minimum atomic E-state index is -4.91. The SMILES string of the molecule is CCc1cccc(F)c1Oc1nnc(C(F)(F)F)c(C)c1C(=O)Nc1cccc(S(C)(=N)=O)c1. The van der Waals surface area contributed by atoms with Crippen LogP contribution in [0.25, 0.3) is 0 Å². The first kappa shape index (κ1) is 25.1. The number of nitrogens with zero attached hydrogens (tertiary/aromatic N) is 2. The maximum atomic E-state index is 14.4. The summed E-state index contributed by atoms with van der Waals surface area (Å²) in [7, 11) is -3.11. The molecule has 0 fully saturated rings. The van der Waals surface area contributed by atoms with Gasteiger partial charge in [-0.15, -0.1) is 10.2 Å². The number of ether oxygens (including phenoxy) is 1. The lowest BCUT2D eigenvalue weighted by Gasteiger charge is -2.17. The van der Waals surface area contributed by atoms with Crippen LogP contribution in [0.15, 0.2) is 47.4 Å². The van der Waals surface area contributed by atoms with E-state index in [1.807, 2.05) is 0 Å². The number of hydrogen-bond acceptors (Lipinski definition) is 6. The molecule has 0 spiro atoms. The van der Waals surface area contributed by atoms with E-state index in [1.54, 1.807) is 13.0 Å². The van der Waals surface area contributed by atoms with Gasteiger partial charge in [0.05, 0.1) is 9.73 Å². The number of para-hydroxylation sites is 1. The molecule has 34 heavy (non-hydrogen) atoms. The topological polar surface area (TPSA) is 105 Å². The summed E-state index contributed by atoms with van der Waals surface area (Å²) in [5.74, 6) is -2.72. The number of halogens is 4. The first-order valence-corrected chi connectivity index (χ1v) is 11.8. The zero-order valence-electron chi connectivity index (χ0n) is 18.3. The van der Waals surface area contributed by atoms with Crippen LogP contribution in [-0.4, -0.2) is 26.6 Å². The molecular formula is C22H20F4N4O3S. The molecule has 0 aliphatic rings. The zero-order chi connectivity index (χ0) is 25.3. The van der Waals surface area contributed by atoms with Gasteiger partial charge in [0.15, 0.2) is 17.3 Å². The van der Waals surface area contributed by atoms with Crippen molar-refractivity contribution in [3.05, 3.63) is 70.7 Å². The fourth-order valence-corrected chi connectivity index (χ4v) is 3.85. The van der Waals surface area contributed by atoms with E-state index in [0.717, 1.165) is 13.0 Å². The fraction of sp³-hybridized carbons (Fsp3) is 0.227. The van der Waals surface area contributed by atoms with Crippen LogP contribution in [0.5, 0.6) is 11.6 Å². The summed E-state index contributed by atoms with van der Waals surface area (Å²) < 4.78 is 80.0. The van der Waals surface area contributed by atoms with Gasteiger partial charge in [-0.05, 0) is 48.7 Å². The minimum Gasteiger partial charge on any atom is -0.433 e. The summed E-state index contributed by atoms with van der Waals surface area (Å²) in [4.78, 5) is 13.2. The Morgan fingerprint density at radius 2 is 1.85 bits per heavy atom. The molecule has 2 N–H and O–H groups in total. The van der Waals surface area contributed by atoms with Gasteiger partial charge in [0.25, 0.3) is 11.8 Å². The molecule has 0 bridgehead atoms. The average Bonchev–Trinajstić information content (AvgIpc) is 2.73. The lowest BCUT2D eigenvalue weighted by atomic mass is 10.1. The normalized spacial score (nSPS) is 13.3. The number of alkyl halides is 3. The summed E-state index contributed by atoms with van der Waals surface area (Å²) >= 11 is 0. The summed E-state index contributed by atoms with van der Waals surface area (Å²) in [6.07, 6.45) is -3.37. The number of aryl methyl sites for hydroxylation is 1. The van der Waals surface area contributed by atoms with Crippen LogP contribution in [0.2, 0.25) is 0 Å². The predicted octanol–water partition coefficient (Wildman–Crippen LogP) is 5.59. The summed E-state index contributed by atoms with van der Waals surface area (Å²) in [5.41, 5.74) is -2.07. The maximum Gasteiger partial charge on any atom is 0.435 e. The van der Waals surface area contributed by atoms with Gasteiger partial charge in [-0.1, -0.05) is 25.1 Å². The van der Waals surface area contributed by atoms with Crippen molar-refractivity contribution in [3.63, 3.8) is 0 Å². The molecule has 0 aliphatic heterocycles. The molecule has 1 unspecified atom stereocenters. The highest BCUT2D eigenvalue weighted by atomic mass is 32.2.